The standard InChI is InChI=1S/C5H3F2NO3S/c6-5(7)11-10-4(9)3-8-1-2-12-3/h1-2,5H. The van der Waals surface area contributed by atoms with Crippen molar-refractivity contribution in [2.75, 3.05) is 0 Å². The summed E-state index contributed by atoms with van der Waals surface area (Å²) in [4.78, 5) is 21.2. The molecule has 0 aliphatic heterocycles. The quantitative estimate of drug-likeness (QED) is 0.541. The third kappa shape index (κ3) is 2.51. The molecule has 0 saturated heterocycles. The van der Waals surface area contributed by atoms with Crippen LogP contribution in [0.15, 0.2) is 11.6 Å². The van der Waals surface area contributed by atoms with Crippen LogP contribution in [-0.4, -0.2) is 17.6 Å². The number of aromatic nitrogens is 1. The van der Waals surface area contributed by atoms with Gasteiger partial charge in [0.05, 0.1) is 0 Å². The van der Waals surface area contributed by atoms with Crippen molar-refractivity contribution in [3.8, 4) is 0 Å². The summed E-state index contributed by atoms with van der Waals surface area (Å²) in [6, 6.07) is 0. The van der Waals surface area contributed by atoms with Crippen molar-refractivity contribution in [2.24, 2.45) is 0 Å². The number of halogens is 2. The van der Waals surface area contributed by atoms with Gasteiger partial charge < -0.3 is 0 Å². The van der Waals surface area contributed by atoms with Gasteiger partial charge in [-0.25, -0.2) is 9.78 Å². The maximum atomic E-state index is 11.3. The average Bonchev–Trinajstić information content (AvgIpc) is 2.51. The lowest BCUT2D eigenvalue weighted by atomic mass is 10.7. The predicted octanol–water partition coefficient (Wildman–Crippen LogP) is 1.45. The summed E-state index contributed by atoms with van der Waals surface area (Å²) in [5.74, 6) is -1.02. The third-order valence-corrected chi connectivity index (χ3v) is 1.56. The van der Waals surface area contributed by atoms with Crippen molar-refractivity contribution in [2.45, 2.75) is 6.61 Å². The number of nitrogens with zero attached hydrogens (tertiary/aromatic N) is 1. The van der Waals surface area contributed by atoms with Crippen molar-refractivity contribution in [1.29, 1.82) is 0 Å². The molecule has 12 heavy (non-hydrogen) atoms. The SMILES string of the molecule is O=C(OOC(F)F)c1nccs1. The predicted molar refractivity (Wildman–Crippen MR) is 34.6 cm³/mol. The molecule has 0 aromatic carbocycles. The summed E-state index contributed by atoms with van der Waals surface area (Å²) in [6.07, 6.45) is 1.35. The fourth-order valence-corrected chi connectivity index (χ4v) is 0.943. The summed E-state index contributed by atoms with van der Waals surface area (Å²) in [5.41, 5.74) is 0. The number of hydrogen-bond donors (Lipinski definition) is 0. The van der Waals surface area contributed by atoms with E-state index < -0.39 is 12.6 Å². The minimum Gasteiger partial charge on any atom is -0.284 e. The zero-order valence-corrected chi connectivity index (χ0v) is 6.38. The molecule has 66 valence electrons. The van der Waals surface area contributed by atoms with Crippen LogP contribution in [0.2, 0.25) is 0 Å². The second kappa shape index (κ2) is 4.07. The highest BCUT2D eigenvalue weighted by atomic mass is 32.1. The number of carbonyl (C=O) groups excluding carboxylic acids is 1. The molecule has 0 aliphatic rings. The molecule has 7 heteroatoms. The zero-order valence-electron chi connectivity index (χ0n) is 5.57. The van der Waals surface area contributed by atoms with E-state index in [9.17, 15) is 13.6 Å². The van der Waals surface area contributed by atoms with Crippen LogP contribution in [0.3, 0.4) is 0 Å². The molecule has 0 bridgehead atoms. The van der Waals surface area contributed by atoms with E-state index in [4.69, 9.17) is 0 Å². The van der Waals surface area contributed by atoms with Crippen molar-refractivity contribution < 1.29 is 23.4 Å². The van der Waals surface area contributed by atoms with E-state index in [0.29, 0.717) is 0 Å². The van der Waals surface area contributed by atoms with Crippen LogP contribution in [-0.2, 0) is 9.78 Å². The van der Waals surface area contributed by atoms with Crippen LogP contribution in [0, 0.1) is 0 Å². The van der Waals surface area contributed by atoms with E-state index in [1.54, 1.807) is 0 Å². The second-order valence-corrected chi connectivity index (χ2v) is 2.46. The van der Waals surface area contributed by atoms with Gasteiger partial charge in [-0.2, -0.15) is 8.78 Å². The number of carbonyl (C=O) groups is 1. The molecule has 0 unspecified atom stereocenters. The Morgan fingerprint density at radius 1 is 1.67 bits per heavy atom. The van der Waals surface area contributed by atoms with E-state index in [1.165, 1.54) is 11.6 Å². The van der Waals surface area contributed by atoms with E-state index in [1.807, 2.05) is 0 Å². The average molecular weight is 195 g/mol. The molecule has 0 saturated carbocycles. The molecule has 0 amide bonds. The van der Waals surface area contributed by atoms with Gasteiger partial charge in [-0.3, -0.25) is 4.89 Å². The van der Waals surface area contributed by atoms with Gasteiger partial charge in [0.25, 0.3) is 0 Å². The number of hydrogen-bond acceptors (Lipinski definition) is 5. The molecule has 0 atom stereocenters. The minimum atomic E-state index is -3.13. The van der Waals surface area contributed by atoms with Gasteiger partial charge >= 0.3 is 12.6 Å². The summed E-state index contributed by atoms with van der Waals surface area (Å²) < 4.78 is 22.6. The van der Waals surface area contributed by atoms with Gasteiger partial charge in [-0.15, -0.1) is 16.2 Å². The lowest BCUT2D eigenvalue weighted by Gasteiger charge is -1.97. The molecule has 4 nitrogen and oxygen atoms in total. The van der Waals surface area contributed by atoms with E-state index >= 15 is 0 Å². The zero-order chi connectivity index (χ0) is 8.97. The monoisotopic (exact) mass is 195 g/mol. The summed E-state index contributed by atoms with van der Waals surface area (Å²) in [5, 5.41) is 1.48. The lowest BCUT2D eigenvalue weighted by molar-refractivity contribution is -0.343. The van der Waals surface area contributed by atoms with Crippen LogP contribution in [0.4, 0.5) is 8.78 Å². The maximum Gasteiger partial charge on any atom is 0.401 e. The maximum absolute atomic E-state index is 11.3. The van der Waals surface area contributed by atoms with Crippen LogP contribution >= 0.6 is 11.3 Å². The van der Waals surface area contributed by atoms with Gasteiger partial charge in [-0.1, -0.05) is 0 Å². The highest BCUT2D eigenvalue weighted by Gasteiger charge is 2.13. The number of rotatable bonds is 3. The first kappa shape index (κ1) is 9.01. The van der Waals surface area contributed by atoms with Crippen LogP contribution in [0.25, 0.3) is 0 Å². The number of thiazole rings is 1. The molecule has 0 spiro atoms. The Morgan fingerprint density at radius 3 is 2.92 bits per heavy atom. The molecule has 0 radical (unpaired) electrons. The third-order valence-electron chi connectivity index (χ3n) is 0.803. The fraction of sp³-hybridized carbons (Fsp3) is 0.200. The first-order valence-electron chi connectivity index (χ1n) is 2.75. The molecule has 0 aliphatic carbocycles. The highest BCUT2D eigenvalue weighted by molar-refractivity contribution is 7.11. The summed E-state index contributed by atoms with van der Waals surface area (Å²) in [7, 11) is 0. The molecule has 1 aromatic heterocycles. The Hall–Kier alpha value is -1.08. The van der Waals surface area contributed by atoms with Crippen LogP contribution in [0.1, 0.15) is 9.80 Å². The molecular formula is C5H3F2NO3S. The minimum absolute atomic E-state index is 0.0318. The molecule has 1 aromatic rings. The van der Waals surface area contributed by atoms with Crippen LogP contribution < -0.4 is 0 Å². The molecule has 1 rings (SSSR count). The second-order valence-electron chi connectivity index (χ2n) is 1.56. The Kier molecular flexibility index (Phi) is 3.06. The Balaban J connectivity index is 2.40. The lowest BCUT2D eigenvalue weighted by Crippen LogP contribution is -2.08. The van der Waals surface area contributed by atoms with Gasteiger partial charge in [0.15, 0.2) is 0 Å². The van der Waals surface area contributed by atoms with Crippen LogP contribution in [0.5, 0.6) is 0 Å². The fourth-order valence-electron chi connectivity index (χ4n) is 0.440. The van der Waals surface area contributed by atoms with Gasteiger partial charge in [0.2, 0.25) is 5.01 Å². The molecule has 0 fully saturated rings. The molecule has 1 heterocycles. The van der Waals surface area contributed by atoms with E-state index in [2.05, 4.69) is 14.8 Å². The van der Waals surface area contributed by atoms with Crippen molar-refractivity contribution in [3.05, 3.63) is 16.6 Å². The van der Waals surface area contributed by atoms with E-state index in [0.717, 1.165) is 11.3 Å². The normalized spacial score (nSPS) is 10.2. The Bertz CT molecular complexity index is 251. The summed E-state index contributed by atoms with van der Waals surface area (Å²) in [6.45, 7) is -3.13. The van der Waals surface area contributed by atoms with Crippen molar-refractivity contribution in [3.63, 3.8) is 0 Å². The smallest absolute Gasteiger partial charge is 0.284 e. The molecular weight excluding hydrogens is 192 g/mol. The largest absolute Gasteiger partial charge is 0.401 e. The van der Waals surface area contributed by atoms with Crippen molar-refractivity contribution >= 4 is 17.3 Å². The van der Waals surface area contributed by atoms with Gasteiger partial charge in [0, 0.05) is 11.6 Å². The first-order valence-corrected chi connectivity index (χ1v) is 3.63. The molecule has 0 N–H and O–H groups in total. The summed E-state index contributed by atoms with van der Waals surface area (Å²) >= 11 is 0.972. The van der Waals surface area contributed by atoms with Gasteiger partial charge in [0.1, 0.15) is 0 Å². The van der Waals surface area contributed by atoms with Crippen molar-refractivity contribution in [1.82, 2.24) is 4.98 Å². The Labute approximate surface area is 69.7 Å². The number of alkyl halides is 2. The first-order chi connectivity index (χ1) is 5.70. The topological polar surface area (TPSA) is 48.4 Å². The highest BCUT2D eigenvalue weighted by Crippen LogP contribution is 2.07. The van der Waals surface area contributed by atoms with Gasteiger partial charge in [-0.05, 0) is 0 Å². The Morgan fingerprint density at radius 2 is 2.42 bits per heavy atom. The van der Waals surface area contributed by atoms with E-state index in [-0.39, 0.29) is 5.01 Å².